The molecule has 0 unspecified atom stereocenters. The van der Waals surface area contributed by atoms with E-state index in [0.29, 0.717) is 11.3 Å². The van der Waals surface area contributed by atoms with Crippen molar-refractivity contribution in [3.05, 3.63) is 106 Å². The summed E-state index contributed by atoms with van der Waals surface area (Å²) in [6.07, 6.45) is 2.74. The molecule has 0 heterocycles. The quantitative estimate of drug-likeness (QED) is 0.291. The first-order valence-electron chi connectivity index (χ1n) is 9.31. The number of nitro benzene ring substituents is 1. The Labute approximate surface area is 182 Å². The second-order valence-corrected chi connectivity index (χ2v) is 6.55. The van der Waals surface area contributed by atoms with Crippen molar-refractivity contribution in [2.45, 2.75) is 0 Å². The number of carboxylic acid groups (broad SMARTS) is 1. The first kappa shape index (κ1) is 21.9. The summed E-state index contributed by atoms with van der Waals surface area (Å²) < 4.78 is 0. The summed E-state index contributed by atoms with van der Waals surface area (Å²) in [7, 11) is 0. The molecule has 0 radical (unpaired) electrons. The Balaban J connectivity index is 1.68. The molecule has 0 spiro atoms. The van der Waals surface area contributed by atoms with E-state index < -0.39 is 22.7 Å². The van der Waals surface area contributed by atoms with Crippen molar-refractivity contribution in [3.63, 3.8) is 0 Å². The summed E-state index contributed by atoms with van der Waals surface area (Å²) in [5.74, 6) is -2.05. The summed E-state index contributed by atoms with van der Waals surface area (Å²) in [6.45, 7) is 0. The van der Waals surface area contributed by atoms with Gasteiger partial charge in [-0.25, -0.2) is 4.79 Å². The van der Waals surface area contributed by atoms with Crippen LogP contribution in [0.15, 0.2) is 78.9 Å². The highest BCUT2D eigenvalue weighted by molar-refractivity contribution is 6.11. The lowest BCUT2D eigenvalue weighted by Crippen LogP contribution is -2.17. The standard InChI is InChI=1S/C23H17N3O6/c27-21(14-7-15-5-12-18(13-6-15)26(31)32)25-20-4-2-1-3-19(20)22(28)24-17-10-8-16(9-11-17)23(29)30/h1-14H,(H,24,28)(H,25,27)(H,29,30)/b14-7+. The number of benzene rings is 3. The first-order valence-corrected chi connectivity index (χ1v) is 9.31. The van der Waals surface area contributed by atoms with Crippen LogP contribution in [0.25, 0.3) is 6.08 Å². The van der Waals surface area contributed by atoms with Crippen LogP contribution in [0.3, 0.4) is 0 Å². The molecule has 32 heavy (non-hydrogen) atoms. The average Bonchev–Trinajstić information content (AvgIpc) is 2.78. The minimum atomic E-state index is -1.07. The average molecular weight is 431 g/mol. The van der Waals surface area contributed by atoms with Gasteiger partial charge in [0.25, 0.3) is 11.6 Å². The van der Waals surface area contributed by atoms with Gasteiger partial charge in [0.2, 0.25) is 5.91 Å². The predicted molar refractivity (Wildman–Crippen MR) is 119 cm³/mol. The van der Waals surface area contributed by atoms with Crippen molar-refractivity contribution in [1.82, 2.24) is 0 Å². The van der Waals surface area contributed by atoms with Crippen molar-refractivity contribution in [2.75, 3.05) is 10.6 Å². The van der Waals surface area contributed by atoms with E-state index in [1.807, 2.05) is 0 Å². The monoisotopic (exact) mass is 431 g/mol. The van der Waals surface area contributed by atoms with E-state index in [2.05, 4.69) is 10.6 Å². The molecule has 0 saturated heterocycles. The number of carboxylic acids is 1. The van der Waals surface area contributed by atoms with Crippen LogP contribution in [-0.4, -0.2) is 27.8 Å². The zero-order valence-corrected chi connectivity index (χ0v) is 16.5. The highest BCUT2D eigenvalue weighted by atomic mass is 16.6. The van der Waals surface area contributed by atoms with Gasteiger partial charge < -0.3 is 15.7 Å². The van der Waals surface area contributed by atoms with Gasteiger partial charge in [-0.2, -0.15) is 0 Å². The molecule has 160 valence electrons. The maximum absolute atomic E-state index is 12.6. The number of carbonyl (C=O) groups excluding carboxylic acids is 2. The third-order valence-corrected chi connectivity index (χ3v) is 4.35. The number of non-ortho nitro benzene ring substituents is 1. The lowest BCUT2D eigenvalue weighted by atomic mass is 10.1. The number of rotatable bonds is 7. The van der Waals surface area contributed by atoms with Crippen molar-refractivity contribution in [3.8, 4) is 0 Å². The number of nitrogens with zero attached hydrogens (tertiary/aromatic N) is 1. The molecule has 0 fully saturated rings. The maximum Gasteiger partial charge on any atom is 0.335 e. The fraction of sp³-hybridized carbons (Fsp3) is 0. The van der Waals surface area contributed by atoms with Crippen LogP contribution in [0.5, 0.6) is 0 Å². The summed E-state index contributed by atoms with van der Waals surface area (Å²) in [4.78, 5) is 46.1. The number of hydrogen-bond donors (Lipinski definition) is 3. The van der Waals surface area contributed by atoms with Gasteiger partial charge in [0.05, 0.1) is 21.7 Å². The summed E-state index contributed by atoms with van der Waals surface area (Å²) in [5, 5.41) is 24.9. The van der Waals surface area contributed by atoms with Gasteiger partial charge in [-0.3, -0.25) is 19.7 Å². The lowest BCUT2D eigenvalue weighted by molar-refractivity contribution is -0.384. The minimum absolute atomic E-state index is 0.0517. The topological polar surface area (TPSA) is 139 Å². The number of aromatic carboxylic acids is 1. The number of carbonyl (C=O) groups is 3. The van der Waals surface area contributed by atoms with E-state index in [9.17, 15) is 24.5 Å². The van der Waals surface area contributed by atoms with Crippen molar-refractivity contribution >= 4 is 40.9 Å². The Morgan fingerprint density at radius 3 is 2.16 bits per heavy atom. The van der Waals surface area contributed by atoms with Crippen molar-refractivity contribution in [2.24, 2.45) is 0 Å². The van der Waals surface area contributed by atoms with E-state index in [-0.39, 0.29) is 22.5 Å². The van der Waals surface area contributed by atoms with Gasteiger partial charge in [0.15, 0.2) is 0 Å². The van der Waals surface area contributed by atoms with E-state index in [1.54, 1.807) is 18.2 Å². The van der Waals surface area contributed by atoms with Gasteiger partial charge in [-0.05, 0) is 60.2 Å². The molecule has 0 aliphatic rings. The summed E-state index contributed by atoms with van der Waals surface area (Å²) in [5.41, 5.74) is 1.54. The number of nitrogens with one attached hydrogen (secondary N) is 2. The Morgan fingerprint density at radius 1 is 0.875 bits per heavy atom. The van der Waals surface area contributed by atoms with Crippen LogP contribution in [0, 0.1) is 10.1 Å². The van der Waals surface area contributed by atoms with Crippen molar-refractivity contribution in [1.29, 1.82) is 0 Å². The van der Waals surface area contributed by atoms with E-state index in [0.717, 1.165) is 0 Å². The molecular formula is C23H17N3O6. The highest BCUT2D eigenvalue weighted by Crippen LogP contribution is 2.18. The van der Waals surface area contributed by atoms with E-state index >= 15 is 0 Å². The first-order chi connectivity index (χ1) is 15.3. The Hall–Kier alpha value is -4.79. The lowest BCUT2D eigenvalue weighted by Gasteiger charge is -2.10. The molecule has 0 aromatic heterocycles. The Morgan fingerprint density at radius 2 is 1.53 bits per heavy atom. The molecule has 2 amide bonds. The van der Waals surface area contributed by atoms with Crippen LogP contribution in [0.2, 0.25) is 0 Å². The van der Waals surface area contributed by atoms with Crippen LogP contribution in [-0.2, 0) is 4.79 Å². The Kier molecular flexibility index (Phi) is 6.72. The summed E-state index contributed by atoms with van der Waals surface area (Å²) in [6, 6.07) is 17.8. The Bertz CT molecular complexity index is 1200. The van der Waals surface area contributed by atoms with E-state index in [4.69, 9.17) is 5.11 Å². The number of hydrogen-bond acceptors (Lipinski definition) is 5. The molecule has 3 aromatic rings. The molecule has 0 atom stereocenters. The molecule has 3 aromatic carbocycles. The van der Waals surface area contributed by atoms with Crippen LogP contribution in [0.4, 0.5) is 17.1 Å². The number of amides is 2. The minimum Gasteiger partial charge on any atom is -0.478 e. The molecule has 0 aliphatic heterocycles. The van der Waals surface area contributed by atoms with Gasteiger partial charge in [0, 0.05) is 23.9 Å². The van der Waals surface area contributed by atoms with Crippen LogP contribution >= 0.6 is 0 Å². The van der Waals surface area contributed by atoms with Crippen LogP contribution in [0.1, 0.15) is 26.3 Å². The second kappa shape index (κ2) is 9.81. The van der Waals surface area contributed by atoms with Gasteiger partial charge in [0.1, 0.15) is 0 Å². The third kappa shape index (κ3) is 5.63. The SMILES string of the molecule is O=C(/C=C/c1ccc([N+](=O)[O-])cc1)Nc1ccccc1C(=O)Nc1ccc(C(=O)O)cc1. The maximum atomic E-state index is 12.6. The van der Waals surface area contributed by atoms with Gasteiger partial charge in [-0.1, -0.05) is 12.1 Å². The normalized spacial score (nSPS) is 10.5. The molecule has 0 saturated carbocycles. The second-order valence-electron chi connectivity index (χ2n) is 6.55. The zero-order chi connectivity index (χ0) is 23.1. The smallest absolute Gasteiger partial charge is 0.335 e. The molecule has 9 nitrogen and oxygen atoms in total. The molecule has 3 N–H and O–H groups in total. The molecule has 0 aliphatic carbocycles. The molecule has 9 heteroatoms. The van der Waals surface area contributed by atoms with Crippen LogP contribution < -0.4 is 10.6 Å². The fourth-order valence-electron chi connectivity index (χ4n) is 2.74. The largest absolute Gasteiger partial charge is 0.478 e. The van der Waals surface area contributed by atoms with E-state index in [1.165, 1.54) is 66.7 Å². The molecule has 3 rings (SSSR count). The van der Waals surface area contributed by atoms with Gasteiger partial charge >= 0.3 is 5.97 Å². The number of nitro groups is 1. The molecular weight excluding hydrogens is 414 g/mol. The highest BCUT2D eigenvalue weighted by Gasteiger charge is 2.13. The predicted octanol–water partition coefficient (Wildman–Crippen LogP) is 4.20. The van der Waals surface area contributed by atoms with Crippen molar-refractivity contribution < 1.29 is 24.4 Å². The third-order valence-electron chi connectivity index (χ3n) is 4.35. The zero-order valence-electron chi connectivity index (χ0n) is 16.5. The molecule has 0 bridgehead atoms. The summed E-state index contributed by atoms with van der Waals surface area (Å²) >= 11 is 0. The fourth-order valence-corrected chi connectivity index (χ4v) is 2.74. The number of para-hydroxylation sites is 1. The number of anilines is 2. The van der Waals surface area contributed by atoms with Gasteiger partial charge in [-0.15, -0.1) is 0 Å².